The summed E-state index contributed by atoms with van der Waals surface area (Å²) in [5, 5.41) is 6.75. The number of para-hydroxylation sites is 1. The number of aliphatic imine (C=N–C) groups is 1. The van der Waals surface area contributed by atoms with Gasteiger partial charge in [-0.05, 0) is 32.4 Å². The Balaban J connectivity index is 0.00000280. The van der Waals surface area contributed by atoms with E-state index in [-0.39, 0.29) is 30.1 Å². The SMILES string of the molecule is C=CCOc1ccccc1CN=C(NCC)NCC1CN2CCCC2CO1.I. The van der Waals surface area contributed by atoms with Crippen molar-refractivity contribution < 1.29 is 9.47 Å². The van der Waals surface area contributed by atoms with E-state index in [2.05, 4.69) is 29.0 Å². The van der Waals surface area contributed by atoms with Gasteiger partial charge in [0.2, 0.25) is 0 Å². The van der Waals surface area contributed by atoms with Gasteiger partial charge in [0.1, 0.15) is 12.4 Å². The second-order valence-electron chi connectivity index (χ2n) is 7.03. The van der Waals surface area contributed by atoms with E-state index in [9.17, 15) is 0 Å². The molecule has 2 N–H and O–H groups in total. The lowest BCUT2D eigenvalue weighted by Gasteiger charge is -2.35. The highest BCUT2D eigenvalue weighted by Gasteiger charge is 2.32. The van der Waals surface area contributed by atoms with Crippen molar-refractivity contribution in [1.82, 2.24) is 15.5 Å². The van der Waals surface area contributed by atoms with Gasteiger partial charge < -0.3 is 20.1 Å². The van der Waals surface area contributed by atoms with Crippen LogP contribution >= 0.6 is 24.0 Å². The van der Waals surface area contributed by atoms with Crippen molar-refractivity contribution in [1.29, 1.82) is 0 Å². The Kier molecular flexibility index (Phi) is 10.1. The van der Waals surface area contributed by atoms with Gasteiger partial charge in [-0.1, -0.05) is 30.9 Å². The molecule has 0 bridgehead atoms. The molecule has 3 rings (SSSR count). The van der Waals surface area contributed by atoms with Crippen LogP contribution in [0.25, 0.3) is 0 Å². The van der Waals surface area contributed by atoms with Crippen molar-refractivity contribution in [2.75, 3.05) is 39.4 Å². The Hall–Kier alpha value is -1.32. The Labute approximate surface area is 185 Å². The van der Waals surface area contributed by atoms with Gasteiger partial charge in [-0.2, -0.15) is 0 Å². The summed E-state index contributed by atoms with van der Waals surface area (Å²) >= 11 is 0. The zero-order valence-electron chi connectivity index (χ0n) is 16.7. The van der Waals surface area contributed by atoms with Crippen LogP contribution in [0.2, 0.25) is 0 Å². The van der Waals surface area contributed by atoms with Crippen molar-refractivity contribution in [3.63, 3.8) is 0 Å². The molecular weight excluding hydrogens is 467 g/mol. The number of nitrogens with one attached hydrogen (secondary N) is 2. The Morgan fingerprint density at radius 2 is 2.25 bits per heavy atom. The van der Waals surface area contributed by atoms with E-state index < -0.39 is 0 Å². The molecule has 0 aromatic heterocycles. The summed E-state index contributed by atoms with van der Waals surface area (Å²) < 4.78 is 11.8. The van der Waals surface area contributed by atoms with Gasteiger partial charge in [-0.15, -0.1) is 24.0 Å². The van der Waals surface area contributed by atoms with Gasteiger partial charge in [-0.25, -0.2) is 4.99 Å². The van der Waals surface area contributed by atoms with Crippen LogP contribution in [0, 0.1) is 0 Å². The fraction of sp³-hybridized carbons (Fsp3) is 0.571. The van der Waals surface area contributed by atoms with Crippen molar-refractivity contribution in [3.05, 3.63) is 42.5 Å². The molecule has 1 aromatic carbocycles. The molecule has 2 fully saturated rings. The molecule has 1 aromatic rings. The summed E-state index contributed by atoms with van der Waals surface area (Å²) in [6.07, 6.45) is 4.54. The molecule has 2 heterocycles. The second kappa shape index (κ2) is 12.3. The van der Waals surface area contributed by atoms with Crippen LogP contribution < -0.4 is 15.4 Å². The number of guanidine groups is 1. The van der Waals surface area contributed by atoms with E-state index in [1.54, 1.807) is 6.08 Å². The van der Waals surface area contributed by atoms with Crippen molar-refractivity contribution in [3.8, 4) is 5.75 Å². The van der Waals surface area contributed by atoms with Crippen LogP contribution in [-0.2, 0) is 11.3 Å². The lowest BCUT2D eigenvalue weighted by molar-refractivity contribution is -0.0453. The Bertz CT molecular complexity index is 641. The summed E-state index contributed by atoms with van der Waals surface area (Å²) in [6, 6.07) is 8.63. The number of halogens is 1. The van der Waals surface area contributed by atoms with Crippen molar-refractivity contribution in [2.24, 2.45) is 4.99 Å². The van der Waals surface area contributed by atoms with E-state index >= 15 is 0 Å². The van der Waals surface area contributed by atoms with Crippen LogP contribution in [-0.4, -0.2) is 62.4 Å². The minimum atomic E-state index is 0. The first-order valence-electron chi connectivity index (χ1n) is 9.99. The van der Waals surface area contributed by atoms with Gasteiger partial charge in [0.15, 0.2) is 5.96 Å². The standard InChI is InChI=1S/C21H32N4O2.HI/c1-3-12-26-20-10-6-5-8-17(20)13-23-21(22-4-2)24-14-19-15-25-11-7-9-18(25)16-27-19;/h3,5-6,8,10,18-19H,1,4,7,9,11-16H2,2H3,(H2,22,23,24);1H. The summed E-state index contributed by atoms with van der Waals surface area (Å²) in [7, 11) is 0. The minimum Gasteiger partial charge on any atom is -0.489 e. The first kappa shape index (κ1) is 23.0. The smallest absolute Gasteiger partial charge is 0.191 e. The quantitative estimate of drug-likeness (QED) is 0.249. The summed E-state index contributed by atoms with van der Waals surface area (Å²) in [6.45, 7) is 11.5. The van der Waals surface area contributed by atoms with Gasteiger partial charge in [0, 0.05) is 31.2 Å². The molecule has 2 aliphatic heterocycles. The van der Waals surface area contributed by atoms with E-state index in [0.29, 0.717) is 19.2 Å². The Morgan fingerprint density at radius 3 is 3.07 bits per heavy atom. The monoisotopic (exact) mass is 500 g/mol. The van der Waals surface area contributed by atoms with Gasteiger partial charge in [-0.3, -0.25) is 4.90 Å². The van der Waals surface area contributed by atoms with Crippen molar-refractivity contribution in [2.45, 2.75) is 38.5 Å². The topological polar surface area (TPSA) is 58.1 Å². The highest BCUT2D eigenvalue weighted by atomic mass is 127. The number of hydrogen-bond acceptors (Lipinski definition) is 4. The second-order valence-corrected chi connectivity index (χ2v) is 7.03. The highest BCUT2D eigenvalue weighted by molar-refractivity contribution is 14.0. The average molecular weight is 500 g/mol. The number of benzene rings is 1. The molecule has 2 aliphatic rings. The third-order valence-corrected chi connectivity index (χ3v) is 5.04. The zero-order valence-corrected chi connectivity index (χ0v) is 19.1. The molecule has 0 radical (unpaired) electrons. The maximum absolute atomic E-state index is 6.03. The van der Waals surface area contributed by atoms with Crippen LogP contribution in [0.4, 0.5) is 0 Å². The number of morpholine rings is 1. The first-order chi connectivity index (χ1) is 13.3. The molecule has 156 valence electrons. The molecule has 0 saturated carbocycles. The number of hydrogen-bond donors (Lipinski definition) is 2. The van der Waals surface area contributed by atoms with Gasteiger partial charge >= 0.3 is 0 Å². The van der Waals surface area contributed by atoms with E-state index in [1.165, 1.54) is 19.4 Å². The molecule has 28 heavy (non-hydrogen) atoms. The van der Waals surface area contributed by atoms with Gasteiger partial charge in [0.05, 0.1) is 19.3 Å². The van der Waals surface area contributed by atoms with Crippen LogP contribution in [0.1, 0.15) is 25.3 Å². The molecule has 2 unspecified atom stereocenters. The van der Waals surface area contributed by atoms with Gasteiger partial charge in [0.25, 0.3) is 0 Å². The summed E-state index contributed by atoms with van der Waals surface area (Å²) in [5.41, 5.74) is 1.06. The van der Waals surface area contributed by atoms with E-state index in [4.69, 9.17) is 14.5 Å². The molecule has 2 saturated heterocycles. The molecule has 0 spiro atoms. The average Bonchev–Trinajstić information content (AvgIpc) is 3.17. The van der Waals surface area contributed by atoms with E-state index in [1.807, 2.05) is 24.3 Å². The third-order valence-electron chi connectivity index (χ3n) is 5.04. The Morgan fingerprint density at radius 1 is 1.39 bits per heavy atom. The molecular formula is C21H33IN4O2. The maximum atomic E-state index is 6.03. The summed E-state index contributed by atoms with van der Waals surface area (Å²) in [4.78, 5) is 7.29. The summed E-state index contributed by atoms with van der Waals surface area (Å²) in [5.74, 6) is 1.66. The molecule has 0 aliphatic carbocycles. The lowest BCUT2D eigenvalue weighted by atomic mass is 10.2. The van der Waals surface area contributed by atoms with E-state index in [0.717, 1.165) is 43.5 Å². The number of fused-ring (bicyclic) bond motifs is 1. The fourth-order valence-corrected chi connectivity index (χ4v) is 3.65. The fourth-order valence-electron chi connectivity index (χ4n) is 3.65. The molecule has 7 heteroatoms. The van der Waals surface area contributed by atoms with Crippen LogP contribution in [0.3, 0.4) is 0 Å². The third kappa shape index (κ3) is 6.63. The predicted molar refractivity (Wildman–Crippen MR) is 125 cm³/mol. The number of ether oxygens (including phenoxy) is 2. The molecule has 6 nitrogen and oxygen atoms in total. The zero-order chi connectivity index (χ0) is 18.9. The van der Waals surface area contributed by atoms with Crippen LogP contribution in [0.5, 0.6) is 5.75 Å². The predicted octanol–water partition coefficient (Wildman–Crippen LogP) is 2.79. The largest absolute Gasteiger partial charge is 0.489 e. The molecule has 0 amide bonds. The number of nitrogens with zero attached hydrogens (tertiary/aromatic N) is 2. The lowest BCUT2D eigenvalue weighted by Crippen LogP contribution is -2.51. The number of rotatable bonds is 8. The minimum absolute atomic E-state index is 0. The highest BCUT2D eigenvalue weighted by Crippen LogP contribution is 2.22. The van der Waals surface area contributed by atoms with Crippen molar-refractivity contribution >= 4 is 29.9 Å². The maximum Gasteiger partial charge on any atom is 0.191 e. The normalized spacial score (nSPS) is 22.1. The molecule has 2 atom stereocenters. The van der Waals surface area contributed by atoms with Crippen LogP contribution in [0.15, 0.2) is 41.9 Å². The first-order valence-corrected chi connectivity index (χ1v) is 9.99.